The van der Waals surface area contributed by atoms with Crippen LogP contribution in [0.1, 0.15) is 38.8 Å². The molecular weight excluding hydrogens is 312 g/mol. The largest absolute Gasteiger partial charge is 0.425 e. The summed E-state index contributed by atoms with van der Waals surface area (Å²) in [6.07, 6.45) is 0. The SMILES string of the molecule is CC(=O)Oc1csc2ccc3c(c12)C(=O)c1ccccc1C3=O. The van der Waals surface area contributed by atoms with Crippen LogP contribution in [0.15, 0.2) is 41.8 Å². The first-order chi connectivity index (χ1) is 11.1. The molecule has 2 aromatic carbocycles. The molecule has 4 rings (SSSR count). The second kappa shape index (κ2) is 4.86. The summed E-state index contributed by atoms with van der Waals surface area (Å²) in [6.45, 7) is 1.31. The Labute approximate surface area is 135 Å². The summed E-state index contributed by atoms with van der Waals surface area (Å²) in [5.74, 6) is -0.531. The van der Waals surface area contributed by atoms with Gasteiger partial charge in [0.05, 0.1) is 0 Å². The predicted molar refractivity (Wildman–Crippen MR) is 86.4 cm³/mol. The van der Waals surface area contributed by atoms with Gasteiger partial charge >= 0.3 is 5.97 Å². The van der Waals surface area contributed by atoms with Gasteiger partial charge in [-0.3, -0.25) is 14.4 Å². The number of rotatable bonds is 1. The fourth-order valence-electron chi connectivity index (χ4n) is 2.92. The maximum absolute atomic E-state index is 12.9. The minimum Gasteiger partial charge on any atom is -0.425 e. The molecule has 0 saturated heterocycles. The van der Waals surface area contributed by atoms with Crippen molar-refractivity contribution >= 4 is 39.0 Å². The van der Waals surface area contributed by atoms with E-state index in [-0.39, 0.29) is 11.6 Å². The minimum absolute atomic E-state index is 0.183. The van der Waals surface area contributed by atoms with Crippen molar-refractivity contribution in [2.75, 3.05) is 0 Å². The zero-order chi connectivity index (χ0) is 16.1. The first-order valence-electron chi connectivity index (χ1n) is 6.99. The average molecular weight is 322 g/mol. The number of ketones is 2. The van der Waals surface area contributed by atoms with Crippen LogP contribution in [0, 0.1) is 0 Å². The Morgan fingerprint density at radius 3 is 2.35 bits per heavy atom. The van der Waals surface area contributed by atoms with E-state index < -0.39 is 5.97 Å². The molecule has 112 valence electrons. The first kappa shape index (κ1) is 13.8. The summed E-state index contributed by atoms with van der Waals surface area (Å²) < 4.78 is 6.02. The third-order valence-corrected chi connectivity index (χ3v) is 4.77. The fourth-order valence-corrected chi connectivity index (χ4v) is 3.78. The second-order valence-electron chi connectivity index (χ2n) is 5.26. The van der Waals surface area contributed by atoms with Crippen LogP contribution in [0.2, 0.25) is 0 Å². The summed E-state index contributed by atoms with van der Waals surface area (Å²) >= 11 is 1.37. The molecule has 3 aromatic rings. The Morgan fingerprint density at radius 2 is 1.65 bits per heavy atom. The number of hydrogen-bond acceptors (Lipinski definition) is 5. The number of benzene rings is 2. The molecule has 0 amide bonds. The number of fused-ring (bicyclic) bond motifs is 4. The third-order valence-electron chi connectivity index (χ3n) is 3.85. The molecule has 23 heavy (non-hydrogen) atoms. The van der Waals surface area contributed by atoms with E-state index in [1.165, 1.54) is 18.3 Å². The van der Waals surface area contributed by atoms with Crippen molar-refractivity contribution in [3.8, 4) is 5.75 Å². The van der Waals surface area contributed by atoms with Gasteiger partial charge in [0.15, 0.2) is 11.6 Å². The number of ether oxygens (including phenoxy) is 1. The van der Waals surface area contributed by atoms with Gasteiger partial charge in [0, 0.05) is 44.6 Å². The number of thiophene rings is 1. The standard InChI is InChI=1S/C18H10O4S/c1-9(19)22-13-8-23-14-7-6-12-15(16(13)14)18(21)11-5-3-2-4-10(11)17(12)20/h2-8H,1H3. The molecule has 1 aliphatic rings. The summed E-state index contributed by atoms with van der Waals surface area (Å²) in [7, 11) is 0. The molecule has 0 unspecified atom stereocenters. The molecule has 1 aliphatic carbocycles. The van der Waals surface area contributed by atoms with Gasteiger partial charge in [-0.25, -0.2) is 0 Å². The van der Waals surface area contributed by atoms with E-state index >= 15 is 0 Å². The first-order valence-corrected chi connectivity index (χ1v) is 7.87. The molecular formula is C18H10O4S. The molecule has 1 heterocycles. The second-order valence-corrected chi connectivity index (χ2v) is 6.17. The van der Waals surface area contributed by atoms with Crippen LogP contribution in [0.4, 0.5) is 0 Å². The Bertz CT molecular complexity index is 1010. The predicted octanol–water partition coefficient (Wildman–Crippen LogP) is 3.60. The van der Waals surface area contributed by atoms with Crippen molar-refractivity contribution in [3.05, 3.63) is 64.0 Å². The van der Waals surface area contributed by atoms with Gasteiger partial charge in [-0.15, -0.1) is 11.3 Å². The lowest BCUT2D eigenvalue weighted by atomic mass is 9.82. The third kappa shape index (κ3) is 1.94. The van der Waals surface area contributed by atoms with E-state index in [0.717, 1.165) is 4.70 Å². The number of esters is 1. The van der Waals surface area contributed by atoms with Crippen molar-refractivity contribution in [2.45, 2.75) is 6.92 Å². The molecule has 4 nitrogen and oxygen atoms in total. The van der Waals surface area contributed by atoms with Gasteiger partial charge in [-0.2, -0.15) is 0 Å². The van der Waals surface area contributed by atoms with Gasteiger partial charge in [0.2, 0.25) is 0 Å². The highest BCUT2D eigenvalue weighted by Crippen LogP contribution is 2.40. The summed E-state index contributed by atoms with van der Waals surface area (Å²) in [4.78, 5) is 36.9. The monoisotopic (exact) mass is 322 g/mol. The Kier molecular flexibility index (Phi) is 2.92. The Morgan fingerprint density at radius 1 is 0.957 bits per heavy atom. The lowest BCUT2D eigenvalue weighted by Gasteiger charge is -2.18. The van der Waals surface area contributed by atoms with Crippen LogP contribution in [0.3, 0.4) is 0 Å². The molecule has 1 aromatic heterocycles. The molecule has 0 spiro atoms. The van der Waals surface area contributed by atoms with E-state index in [4.69, 9.17) is 4.74 Å². The highest BCUT2D eigenvalue weighted by Gasteiger charge is 2.32. The summed E-state index contributed by atoms with van der Waals surface area (Å²) in [5.41, 5.74) is 1.47. The molecule has 0 atom stereocenters. The van der Waals surface area contributed by atoms with Gasteiger partial charge in [-0.1, -0.05) is 24.3 Å². The van der Waals surface area contributed by atoms with Crippen LogP contribution < -0.4 is 4.74 Å². The van der Waals surface area contributed by atoms with E-state index in [1.54, 1.807) is 41.8 Å². The maximum Gasteiger partial charge on any atom is 0.308 e. The molecule has 0 radical (unpaired) electrons. The van der Waals surface area contributed by atoms with Crippen molar-refractivity contribution in [1.29, 1.82) is 0 Å². The zero-order valence-electron chi connectivity index (χ0n) is 12.1. The summed E-state index contributed by atoms with van der Waals surface area (Å²) in [6, 6.07) is 10.2. The van der Waals surface area contributed by atoms with E-state index in [9.17, 15) is 14.4 Å². The van der Waals surface area contributed by atoms with Gasteiger partial charge < -0.3 is 4.74 Å². The number of carbonyl (C=O) groups excluding carboxylic acids is 3. The number of hydrogen-bond donors (Lipinski definition) is 0. The lowest BCUT2D eigenvalue weighted by molar-refractivity contribution is -0.131. The van der Waals surface area contributed by atoms with E-state index in [1.807, 2.05) is 0 Å². The molecule has 0 aliphatic heterocycles. The normalized spacial score (nSPS) is 12.9. The zero-order valence-corrected chi connectivity index (χ0v) is 12.9. The van der Waals surface area contributed by atoms with E-state index in [0.29, 0.717) is 33.4 Å². The van der Waals surface area contributed by atoms with Gasteiger partial charge in [0.25, 0.3) is 0 Å². The molecule has 0 bridgehead atoms. The Balaban J connectivity index is 2.06. The highest BCUT2D eigenvalue weighted by atomic mass is 32.1. The lowest BCUT2D eigenvalue weighted by Crippen LogP contribution is -2.21. The number of carbonyl (C=O) groups is 3. The molecule has 5 heteroatoms. The minimum atomic E-state index is -0.461. The van der Waals surface area contributed by atoms with Crippen LogP contribution in [-0.2, 0) is 4.79 Å². The quantitative estimate of drug-likeness (QED) is 0.502. The highest BCUT2D eigenvalue weighted by molar-refractivity contribution is 7.17. The van der Waals surface area contributed by atoms with Gasteiger partial charge in [0.1, 0.15) is 5.75 Å². The Hall–Kier alpha value is -2.79. The molecule has 0 N–H and O–H groups in total. The van der Waals surface area contributed by atoms with Crippen LogP contribution >= 0.6 is 11.3 Å². The van der Waals surface area contributed by atoms with Crippen LogP contribution in [0.5, 0.6) is 5.75 Å². The van der Waals surface area contributed by atoms with Gasteiger partial charge in [-0.05, 0) is 12.1 Å². The molecule has 0 fully saturated rings. The van der Waals surface area contributed by atoms with Crippen molar-refractivity contribution in [3.63, 3.8) is 0 Å². The van der Waals surface area contributed by atoms with Crippen molar-refractivity contribution in [2.24, 2.45) is 0 Å². The molecule has 0 saturated carbocycles. The van der Waals surface area contributed by atoms with Crippen molar-refractivity contribution in [1.82, 2.24) is 0 Å². The average Bonchev–Trinajstić information content (AvgIpc) is 2.94. The fraction of sp³-hybridized carbons (Fsp3) is 0.0556. The van der Waals surface area contributed by atoms with Crippen molar-refractivity contribution < 1.29 is 19.1 Å². The van der Waals surface area contributed by atoms with E-state index in [2.05, 4.69) is 0 Å². The maximum atomic E-state index is 12.9. The smallest absolute Gasteiger partial charge is 0.308 e. The van der Waals surface area contributed by atoms with Crippen LogP contribution in [-0.4, -0.2) is 17.5 Å². The topological polar surface area (TPSA) is 60.4 Å². The van der Waals surface area contributed by atoms with Crippen LogP contribution in [0.25, 0.3) is 10.1 Å². The summed E-state index contributed by atoms with van der Waals surface area (Å²) in [5, 5.41) is 2.22.